The molecule has 1 aromatic carbocycles. The highest BCUT2D eigenvalue weighted by Crippen LogP contribution is 2.42. The molecule has 2 N–H and O–H groups in total. The van der Waals surface area contributed by atoms with Crippen LogP contribution in [0.1, 0.15) is 56.3 Å². The second-order valence-electron chi connectivity index (χ2n) is 10.5. The summed E-state index contributed by atoms with van der Waals surface area (Å²) < 4.78 is 45.3. The summed E-state index contributed by atoms with van der Waals surface area (Å²) in [6.07, 6.45) is 4.42. The van der Waals surface area contributed by atoms with Crippen molar-refractivity contribution in [1.29, 1.82) is 0 Å². The zero-order chi connectivity index (χ0) is 26.5. The van der Waals surface area contributed by atoms with Crippen LogP contribution in [0.5, 0.6) is 5.75 Å². The largest absolute Gasteiger partial charge is 0.476 e. The molecule has 198 valence electrons. The lowest BCUT2D eigenvalue weighted by molar-refractivity contribution is -0.135. The van der Waals surface area contributed by atoms with Crippen LogP contribution in [0.3, 0.4) is 0 Å². The Kier molecular flexibility index (Phi) is 6.50. The van der Waals surface area contributed by atoms with Gasteiger partial charge in [-0.05, 0) is 69.9 Å². The molecule has 3 heterocycles. The lowest BCUT2D eigenvalue weighted by atomic mass is 9.96. The Morgan fingerprint density at radius 1 is 1.14 bits per heavy atom. The van der Waals surface area contributed by atoms with Crippen molar-refractivity contribution < 1.29 is 27.5 Å². The lowest BCUT2D eigenvalue weighted by Gasteiger charge is -2.40. The summed E-state index contributed by atoms with van der Waals surface area (Å²) >= 11 is 6.06. The molecule has 11 heteroatoms. The van der Waals surface area contributed by atoms with Crippen LogP contribution >= 0.6 is 11.6 Å². The van der Waals surface area contributed by atoms with Gasteiger partial charge < -0.3 is 20.3 Å². The van der Waals surface area contributed by atoms with E-state index in [2.05, 4.69) is 20.5 Å². The van der Waals surface area contributed by atoms with Crippen LogP contribution in [0.25, 0.3) is 0 Å². The number of nitrogens with one attached hydrogen (secondary N) is 2. The maximum Gasteiger partial charge on any atom is 0.270 e. The fourth-order valence-corrected chi connectivity index (χ4v) is 5.40. The van der Waals surface area contributed by atoms with Crippen LogP contribution in [0.4, 0.5) is 19.0 Å². The molecule has 1 unspecified atom stereocenters. The third-order valence-corrected chi connectivity index (χ3v) is 7.58. The van der Waals surface area contributed by atoms with Gasteiger partial charge in [0, 0.05) is 30.7 Å². The first kappa shape index (κ1) is 25.6. The molecule has 7 nitrogen and oxygen atoms in total. The number of amides is 2. The predicted octanol–water partition coefficient (Wildman–Crippen LogP) is 4.49. The van der Waals surface area contributed by atoms with E-state index >= 15 is 0 Å². The molecular formula is C26H28ClF3N4O3. The van der Waals surface area contributed by atoms with Crippen molar-refractivity contribution in [1.82, 2.24) is 15.6 Å². The molecule has 2 saturated heterocycles. The van der Waals surface area contributed by atoms with E-state index in [1.54, 1.807) is 26.0 Å². The van der Waals surface area contributed by atoms with Crippen LogP contribution in [0.15, 0.2) is 36.5 Å². The van der Waals surface area contributed by atoms with E-state index in [-0.39, 0.29) is 46.8 Å². The topological polar surface area (TPSA) is 83.6 Å². The van der Waals surface area contributed by atoms with Gasteiger partial charge in [0.05, 0.1) is 16.6 Å². The first-order valence-electron chi connectivity index (χ1n) is 12.3. The number of pyridine rings is 1. The number of hydrogen-bond acceptors (Lipinski definition) is 5. The van der Waals surface area contributed by atoms with Crippen molar-refractivity contribution in [3.05, 3.63) is 52.9 Å². The van der Waals surface area contributed by atoms with Gasteiger partial charge in [-0.1, -0.05) is 11.6 Å². The van der Waals surface area contributed by atoms with E-state index in [1.165, 1.54) is 18.3 Å². The highest BCUT2D eigenvalue weighted by atomic mass is 35.5. The van der Waals surface area contributed by atoms with Crippen molar-refractivity contribution in [3.63, 3.8) is 0 Å². The summed E-state index contributed by atoms with van der Waals surface area (Å²) in [5.74, 6) is -3.21. The minimum atomic E-state index is -2.82. The summed E-state index contributed by atoms with van der Waals surface area (Å²) in [5.41, 5.74) is -0.982. The number of rotatable bonds is 7. The zero-order valence-corrected chi connectivity index (χ0v) is 21.2. The number of hydrogen-bond donors (Lipinski definition) is 2. The number of alkyl halides is 2. The molecule has 0 radical (unpaired) electrons. The number of piperidine rings is 1. The standard InChI is InChI=1S/C26H28ClF3N4O3/c1-25(2,37-20-7-4-15(28)9-19(20)27)24(36)32-16-10-17-5-6-18(11-16)34(17)22-8-3-14(13-31-22)23(35)33-21-12-26(21,29)30/h3-4,7-9,13,16-18,21H,5-6,10-12H2,1-2H3,(H,32,36)(H,33,35)/t16-,17+,18-,21?. The second kappa shape index (κ2) is 9.38. The first-order chi connectivity index (χ1) is 17.4. The van der Waals surface area contributed by atoms with Gasteiger partial charge in [-0.3, -0.25) is 9.59 Å². The first-order valence-corrected chi connectivity index (χ1v) is 12.7. The lowest BCUT2D eigenvalue weighted by Crippen LogP contribution is -2.55. The van der Waals surface area contributed by atoms with E-state index in [9.17, 15) is 22.8 Å². The number of ether oxygens (including phenoxy) is 1. The van der Waals surface area contributed by atoms with Gasteiger partial charge in [-0.15, -0.1) is 0 Å². The molecule has 2 aliphatic heterocycles. The average molecular weight is 537 g/mol. The molecule has 37 heavy (non-hydrogen) atoms. The third-order valence-electron chi connectivity index (χ3n) is 7.28. The number of fused-ring (bicyclic) bond motifs is 2. The molecule has 0 spiro atoms. The molecule has 1 aromatic heterocycles. The van der Waals surface area contributed by atoms with Gasteiger partial charge in [0.1, 0.15) is 17.4 Å². The molecule has 1 saturated carbocycles. The molecule has 1 aliphatic carbocycles. The molecule has 3 fully saturated rings. The summed E-state index contributed by atoms with van der Waals surface area (Å²) in [6, 6.07) is 6.27. The number of carbonyl (C=O) groups excluding carboxylic acids is 2. The summed E-state index contributed by atoms with van der Waals surface area (Å²) in [4.78, 5) is 31.9. The van der Waals surface area contributed by atoms with E-state index in [0.29, 0.717) is 0 Å². The highest BCUT2D eigenvalue weighted by Gasteiger charge is 2.58. The molecule has 4 atom stereocenters. The number of anilines is 1. The smallest absolute Gasteiger partial charge is 0.270 e. The number of aromatic nitrogens is 1. The maximum absolute atomic E-state index is 13.3. The Balaban J connectivity index is 1.18. The fourth-order valence-electron chi connectivity index (χ4n) is 5.19. The van der Waals surface area contributed by atoms with Crippen molar-refractivity contribution in [2.75, 3.05) is 4.90 Å². The van der Waals surface area contributed by atoms with Crippen LogP contribution in [0.2, 0.25) is 5.02 Å². The van der Waals surface area contributed by atoms with E-state index in [1.807, 2.05) is 0 Å². The SMILES string of the molecule is CC(C)(Oc1ccc(F)cc1Cl)C(=O)N[C@H]1C[C@H]2CC[C@@H](C1)N2c1ccc(C(=O)NC2CC2(F)F)cn1. The summed E-state index contributed by atoms with van der Waals surface area (Å²) in [7, 11) is 0. The normalized spacial score (nSPS) is 25.9. The van der Waals surface area contributed by atoms with Crippen LogP contribution < -0.4 is 20.3 Å². The summed E-state index contributed by atoms with van der Waals surface area (Å²) in [5, 5.41) is 5.52. The Hall–Kier alpha value is -3.01. The quantitative estimate of drug-likeness (QED) is 0.545. The Morgan fingerprint density at radius 2 is 1.81 bits per heavy atom. The Bertz CT molecular complexity index is 1200. The molecule has 5 rings (SSSR count). The maximum atomic E-state index is 13.3. The summed E-state index contributed by atoms with van der Waals surface area (Å²) in [6.45, 7) is 3.27. The van der Waals surface area contributed by atoms with Crippen LogP contribution in [0, 0.1) is 5.82 Å². The molecule has 3 aliphatic rings. The minimum absolute atomic E-state index is 0.0573. The zero-order valence-electron chi connectivity index (χ0n) is 20.4. The van der Waals surface area contributed by atoms with Crippen molar-refractivity contribution >= 4 is 29.2 Å². The van der Waals surface area contributed by atoms with Gasteiger partial charge in [-0.2, -0.15) is 0 Å². The van der Waals surface area contributed by atoms with Crippen LogP contribution in [-0.4, -0.2) is 52.5 Å². The van der Waals surface area contributed by atoms with E-state index in [4.69, 9.17) is 16.3 Å². The number of benzene rings is 1. The van der Waals surface area contributed by atoms with Crippen molar-refractivity contribution in [2.45, 2.75) is 81.6 Å². The van der Waals surface area contributed by atoms with E-state index < -0.39 is 29.3 Å². The third kappa shape index (κ3) is 5.35. The van der Waals surface area contributed by atoms with Crippen LogP contribution in [-0.2, 0) is 4.79 Å². The van der Waals surface area contributed by atoms with Gasteiger partial charge in [-0.25, -0.2) is 18.2 Å². The Morgan fingerprint density at radius 3 is 2.38 bits per heavy atom. The number of halogens is 4. The number of carbonyl (C=O) groups is 2. The predicted molar refractivity (Wildman–Crippen MR) is 132 cm³/mol. The van der Waals surface area contributed by atoms with Crippen molar-refractivity contribution in [2.24, 2.45) is 0 Å². The molecule has 2 aromatic rings. The minimum Gasteiger partial charge on any atom is -0.476 e. The molecular weight excluding hydrogens is 509 g/mol. The average Bonchev–Trinajstić information content (AvgIpc) is 3.34. The van der Waals surface area contributed by atoms with E-state index in [0.717, 1.165) is 37.6 Å². The van der Waals surface area contributed by atoms with Crippen molar-refractivity contribution in [3.8, 4) is 5.75 Å². The van der Waals surface area contributed by atoms with Gasteiger partial charge >= 0.3 is 0 Å². The highest BCUT2D eigenvalue weighted by molar-refractivity contribution is 6.32. The van der Waals surface area contributed by atoms with Gasteiger partial charge in [0.15, 0.2) is 5.60 Å². The fraction of sp³-hybridized carbons (Fsp3) is 0.500. The van der Waals surface area contributed by atoms with Gasteiger partial charge in [0.2, 0.25) is 0 Å². The number of nitrogens with zero attached hydrogens (tertiary/aromatic N) is 2. The second-order valence-corrected chi connectivity index (χ2v) is 10.9. The molecule has 2 amide bonds. The molecule has 2 bridgehead atoms. The monoisotopic (exact) mass is 536 g/mol. The Labute approximate surface area is 217 Å². The van der Waals surface area contributed by atoms with Gasteiger partial charge in [0.25, 0.3) is 17.7 Å².